The maximum Gasteiger partial charge on any atom is 0.314 e. The van der Waals surface area contributed by atoms with E-state index in [0.29, 0.717) is 90.4 Å². The van der Waals surface area contributed by atoms with Gasteiger partial charge in [0.2, 0.25) is 35.4 Å². The molecule has 68 heavy (non-hydrogen) atoms. The minimum absolute atomic E-state index is 0.0997. The summed E-state index contributed by atoms with van der Waals surface area (Å²) in [5.41, 5.74) is 4.75. The van der Waals surface area contributed by atoms with Crippen molar-refractivity contribution in [1.29, 1.82) is 0 Å². The van der Waals surface area contributed by atoms with Crippen molar-refractivity contribution < 1.29 is 33.6 Å². The molecule has 0 radical (unpaired) electrons. The van der Waals surface area contributed by atoms with E-state index in [1.54, 1.807) is 37.7 Å². The Labute approximate surface area is 402 Å². The van der Waals surface area contributed by atoms with Gasteiger partial charge >= 0.3 is 6.03 Å². The van der Waals surface area contributed by atoms with Gasteiger partial charge in [0.25, 0.3) is 0 Å². The highest BCUT2D eigenvalue weighted by Gasteiger charge is 2.40. The highest BCUT2D eigenvalue weighted by atomic mass is 16.2. The molecule has 4 aliphatic rings. The van der Waals surface area contributed by atoms with Crippen LogP contribution < -0.4 is 42.5 Å². The number of benzene rings is 2. The topological polar surface area (TPSA) is 222 Å². The van der Waals surface area contributed by atoms with Crippen molar-refractivity contribution in [2.24, 2.45) is 0 Å². The highest BCUT2D eigenvalue weighted by molar-refractivity contribution is 5.94. The molecule has 1 unspecified atom stereocenters. The molecule has 2 heterocycles. The Morgan fingerprint density at radius 1 is 0.559 bits per heavy atom. The van der Waals surface area contributed by atoms with Gasteiger partial charge in [-0.05, 0) is 153 Å². The molecular formula is C51H76N10O7. The second-order valence-electron chi connectivity index (χ2n) is 19.0. The Bertz CT molecular complexity index is 1930. The van der Waals surface area contributed by atoms with E-state index in [4.69, 9.17) is 0 Å². The number of nitrogens with one attached hydrogen (secondary N) is 8. The van der Waals surface area contributed by atoms with E-state index in [1.165, 1.54) is 11.1 Å². The van der Waals surface area contributed by atoms with Crippen molar-refractivity contribution in [3.8, 4) is 0 Å². The Hall–Kier alpha value is -5.55. The first-order valence-corrected chi connectivity index (χ1v) is 25.2. The summed E-state index contributed by atoms with van der Waals surface area (Å²) in [4.78, 5) is 97.7. The van der Waals surface area contributed by atoms with Gasteiger partial charge in [-0.3, -0.25) is 28.8 Å². The molecule has 17 heteroatoms. The van der Waals surface area contributed by atoms with Crippen molar-refractivity contribution in [3.63, 3.8) is 0 Å². The van der Waals surface area contributed by atoms with Crippen LogP contribution in [0.15, 0.2) is 48.5 Å². The number of unbranched alkanes of at least 4 members (excludes halogenated alkanes) is 2. The molecule has 17 nitrogen and oxygen atoms in total. The molecule has 6 rings (SSSR count). The molecule has 2 aliphatic carbocycles. The number of rotatable bonds is 22. The lowest BCUT2D eigenvalue weighted by molar-refractivity contribution is -0.142. The van der Waals surface area contributed by atoms with Crippen molar-refractivity contribution in [3.05, 3.63) is 70.8 Å². The molecule has 2 fully saturated rings. The monoisotopic (exact) mass is 941 g/mol. The number of likely N-dealkylation sites (tertiary alicyclic amines) is 2. The van der Waals surface area contributed by atoms with Gasteiger partial charge in [-0.1, -0.05) is 48.5 Å². The minimum Gasteiger partial charge on any atom is -0.347 e. The summed E-state index contributed by atoms with van der Waals surface area (Å²) in [6.45, 7) is 4.99. The van der Waals surface area contributed by atoms with Gasteiger partial charge in [0.1, 0.15) is 24.2 Å². The fourth-order valence-electron chi connectivity index (χ4n) is 10.1. The number of hydrogen-bond donors (Lipinski definition) is 8. The Morgan fingerprint density at radius 2 is 0.971 bits per heavy atom. The summed E-state index contributed by atoms with van der Waals surface area (Å²) in [7, 11) is 3.35. The van der Waals surface area contributed by atoms with E-state index in [1.807, 2.05) is 24.3 Å². The van der Waals surface area contributed by atoms with E-state index in [2.05, 4.69) is 66.8 Å². The Morgan fingerprint density at radius 3 is 1.38 bits per heavy atom. The summed E-state index contributed by atoms with van der Waals surface area (Å²) >= 11 is 0. The number of amides is 8. The molecule has 2 saturated heterocycles. The van der Waals surface area contributed by atoms with Crippen molar-refractivity contribution in [1.82, 2.24) is 52.3 Å². The smallest absolute Gasteiger partial charge is 0.314 e. The van der Waals surface area contributed by atoms with Crippen LogP contribution in [0, 0.1) is 0 Å². The molecule has 2 aromatic carbocycles. The van der Waals surface area contributed by atoms with Crippen LogP contribution in [0.5, 0.6) is 0 Å². The lowest BCUT2D eigenvalue weighted by Crippen LogP contribution is -2.55. The third kappa shape index (κ3) is 13.8. The zero-order chi connectivity index (χ0) is 48.6. The largest absolute Gasteiger partial charge is 0.347 e. The average molecular weight is 941 g/mol. The normalized spacial score (nSPS) is 21.5. The van der Waals surface area contributed by atoms with Gasteiger partial charge in [0.05, 0.1) is 24.2 Å². The lowest BCUT2D eigenvalue weighted by Gasteiger charge is -2.32. The van der Waals surface area contributed by atoms with Gasteiger partial charge in [-0.15, -0.1) is 0 Å². The van der Waals surface area contributed by atoms with E-state index < -0.39 is 36.3 Å². The molecule has 0 aromatic heterocycles. The van der Waals surface area contributed by atoms with Crippen LogP contribution in [-0.4, -0.2) is 128 Å². The standard InChI is InChI=1S/C51H76N10O7/c1-33(52-3)45(62)58-41(49(66)60-31-15-27-43(60)47(64)56-39-25-13-19-35-17-5-7-21-37(35)39)23-9-11-29-54-51(68)55-30-12-10-24-42(59-46(63)34(2)53-4)50(67)61-32-16-28-44(61)48(65)57-40-26-14-20-36-18-6-8-22-38(36)40/h5-8,17-18,21-22,33-34,39-44,52-53H,9-16,19-20,23-32H2,1-4H3,(H,56,64)(H,57,65)(H,58,62)(H,59,63)(H2,54,55,68)/t33-,34+,39-,40-,41-,42-,43?,44+/m0/s1. The number of likely N-dealkylation sites (N-methyl/N-ethyl adjacent to an activating group) is 2. The summed E-state index contributed by atoms with van der Waals surface area (Å²) in [5.74, 6) is -1.51. The molecular weight excluding hydrogens is 865 g/mol. The molecule has 0 bridgehead atoms. The number of hydrogen-bond acceptors (Lipinski definition) is 9. The molecule has 8 amide bonds. The first-order chi connectivity index (χ1) is 32.9. The number of carbonyl (C=O) groups excluding carboxylic acids is 7. The number of aryl methyl sites for hydroxylation is 2. The van der Waals surface area contributed by atoms with Crippen molar-refractivity contribution >= 4 is 41.5 Å². The fraction of sp³-hybridized carbons (Fsp3) is 0.627. The maximum absolute atomic E-state index is 14.1. The van der Waals surface area contributed by atoms with E-state index in [-0.39, 0.29) is 53.6 Å². The van der Waals surface area contributed by atoms with Gasteiger partial charge in [-0.25, -0.2) is 4.79 Å². The molecule has 0 saturated carbocycles. The predicted octanol–water partition coefficient (Wildman–Crippen LogP) is 3.18. The Balaban J connectivity index is 0.940. The van der Waals surface area contributed by atoms with Crippen LogP contribution in [0.2, 0.25) is 0 Å². The molecule has 2 aromatic rings. The van der Waals surface area contributed by atoms with Crippen LogP contribution in [0.25, 0.3) is 0 Å². The van der Waals surface area contributed by atoms with Crippen molar-refractivity contribution in [2.45, 2.75) is 165 Å². The molecule has 8 N–H and O–H groups in total. The first kappa shape index (κ1) is 51.8. The summed E-state index contributed by atoms with van der Waals surface area (Å²) in [6.07, 6.45) is 11.0. The number of nitrogens with zero attached hydrogens (tertiary/aromatic N) is 2. The zero-order valence-corrected chi connectivity index (χ0v) is 40.6. The van der Waals surface area contributed by atoms with Crippen LogP contribution in [0.4, 0.5) is 4.79 Å². The second kappa shape index (κ2) is 25.7. The highest BCUT2D eigenvalue weighted by Crippen LogP contribution is 2.32. The summed E-state index contributed by atoms with van der Waals surface area (Å²) in [5, 5.41) is 23.9. The minimum atomic E-state index is -0.828. The maximum atomic E-state index is 14.1. The zero-order valence-electron chi connectivity index (χ0n) is 40.6. The van der Waals surface area contributed by atoms with Crippen molar-refractivity contribution in [2.75, 3.05) is 40.3 Å². The molecule has 2 aliphatic heterocycles. The van der Waals surface area contributed by atoms with Gasteiger partial charge in [0.15, 0.2) is 0 Å². The number of urea groups is 1. The molecule has 8 atom stereocenters. The van der Waals surface area contributed by atoms with Crippen LogP contribution >= 0.6 is 0 Å². The second-order valence-corrected chi connectivity index (χ2v) is 19.0. The van der Waals surface area contributed by atoms with Crippen LogP contribution in [-0.2, 0) is 41.6 Å². The third-order valence-corrected chi connectivity index (χ3v) is 14.3. The lowest BCUT2D eigenvalue weighted by atomic mass is 9.87. The van der Waals surface area contributed by atoms with E-state index in [9.17, 15) is 33.6 Å². The average Bonchev–Trinajstić information content (AvgIpc) is 4.06. The Kier molecular flexibility index (Phi) is 19.6. The molecule has 372 valence electrons. The number of carbonyl (C=O) groups is 7. The van der Waals surface area contributed by atoms with Gasteiger partial charge < -0.3 is 52.3 Å². The predicted molar refractivity (Wildman–Crippen MR) is 260 cm³/mol. The third-order valence-electron chi connectivity index (χ3n) is 14.3. The molecule has 0 spiro atoms. The van der Waals surface area contributed by atoms with E-state index >= 15 is 0 Å². The van der Waals surface area contributed by atoms with E-state index in [0.717, 1.165) is 49.7 Å². The SMILES string of the molecule is CN[C@@H](C)C(=O)N[C@@H](CCCCNC(=O)NCCCC[C@H](NC(=O)[C@@H](C)NC)C(=O)N1CCC[C@@H]1C(=O)N[C@H]1CCCc2ccccc21)C(=O)N1CCCC1C(=O)N[C@H]1CCCc2ccccc21. The van der Waals surface area contributed by atoms with Gasteiger partial charge in [-0.2, -0.15) is 0 Å². The first-order valence-electron chi connectivity index (χ1n) is 25.2. The number of fused-ring (bicyclic) bond motifs is 2. The van der Waals surface area contributed by atoms with Gasteiger partial charge in [0, 0.05) is 26.2 Å². The fourth-order valence-corrected chi connectivity index (χ4v) is 10.1. The summed E-state index contributed by atoms with van der Waals surface area (Å²) in [6, 6.07) is 11.9. The van der Waals surface area contributed by atoms with Crippen LogP contribution in [0.1, 0.15) is 138 Å². The van der Waals surface area contributed by atoms with Crippen LogP contribution in [0.3, 0.4) is 0 Å². The quantitative estimate of drug-likeness (QED) is 0.0812. The summed E-state index contributed by atoms with van der Waals surface area (Å²) < 4.78 is 0.